The molecule has 0 aromatic heterocycles. The number of carbonyl (C=O) groups excluding carboxylic acids is 1. The predicted molar refractivity (Wildman–Crippen MR) is 65.8 cm³/mol. The molecule has 0 bridgehead atoms. The lowest BCUT2D eigenvalue weighted by molar-refractivity contribution is -0.141. The van der Waals surface area contributed by atoms with Crippen molar-refractivity contribution in [2.75, 3.05) is 6.54 Å². The third-order valence-corrected chi connectivity index (χ3v) is 3.36. The van der Waals surface area contributed by atoms with E-state index in [1.54, 1.807) is 18.2 Å². The molecule has 5 heteroatoms. The number of hydrogen-bond acceptors (Lipinski definition) is 2. The minimum atomic E-state index is -0.925. The lowest BCUT2D eigenvalue weighted by Crippen LogP contribution is -2.40. The molecule has 1 heterocycles. The van der Waals surface area contributed by atoms with Crippen molar-refractivity contribution in [2.24, 2.45) is 0 Å². The summed E-state index contributed by atoms with van der Waals surface area (Å²) in [4.78, 5) is 24.6. The minimum Gasteiger partial charge on any atom is -0.480 e. The van der Waals surface area contributed by atoms with Crippen molar-refractivity contribution in [2.45, 2.75) is 18.9 Å². The normalized spacial score (nSPS) is 19.4. The summed E-state index contributed by atoms with van der Waals surface area (Å²) in [6.45, 7) is 0.516. The van der Waals surface area contributed by atoms with Crippen molar-refractivity contribution < 1.29 is 14.7 Å². The summed E-state index contributed by atoms with van der Waals surface area (Å²) in [5.74, 6) is -1.14. The van der Waals surface area contributed by atoms with Crippen molar-refractivity contribution in [1.82, 2.24) is 4.90 Å². The van der Waals surface area contributed by atoms with E-state index in [2.05, 4.69) is 15.9 Å². The zero-order valence-corrected chi connectivity index (χ0v) is 10.7. The van der Waals surface area contributed by atoms with Gasteiger partial charge in [-0.25, -0.2) is 4.79 Å². The van der Waals surface area contributed by atoms with Crippen molar-refractivity contribution in [1.29, 1.82) is 0 Å². The molecular weight excluding hydrogens is 286 g/mol. The molecular formula is C12H12BrNO3. The lowest BCUT2D eigenvalue weighted by atomic mass is 10.1. The number of rotatable bonds is 2. The van der Waals surface area contributed by atoms with Gasteiger partial charge in [0, 0.05) is 16.6 Å². The third-order valence-electron chi connectivity index (χ3n) is 2.87. The molecule has 1 saturated heterocycles. The Balaban J connectivity index is 2.23. The quantitative estimate of drug-likeness (QED) is 0.910. The number of carboxylic acid groups (broad SMARTS) is 1. The van der Waals surface area contributed by atoms with Gasteiger partial charge in [0.15, 0.2) is 0 Å². The second-order valence-electron chi connectivity index (χ2n) is 4.01. The molecule has 1 aromatic carbocycles. The van der Waals surface area contributed by atoms with Crippen LogP contribution in [0.3, 0.4) is 0 Å². The molecule has 1 aliphatic rings. The summed E-state index contributed by atoms with van der Waals surface area (Å²) in [6, 6.07) is 6.32. The highest BCUT2D eigenvalue weighted by molar-refractivity contribution is 9.10. The van der Waals surface area contributed by atoms with Crippen LogP contribution in [0.15, 0.2) is 28.7 Å². The van der Waals surface area contributed by atoms with Crippen molar-refractivity contribution in [3.05, 3.63) is 34.3 Å². The van der Waals surface area contributed by atoms with E-state index in [-0.39, 0.29) is 5.91 Å². The van der Waals surface area contributed by atoms with Gasteiger partial charge in [0.2, 0.25) is 0 Å². The fourth-order valence-corrected chi connectivity index (χ4v) is 2.45. The van der Waals surface area contributed by atoms with Crippen LogP contribution in [0.5, 0.6) is 0 Å². The predicted octanol–water partition coefficient (Wildman–Crippen LogP) is 2.14. The first kappa shape index (κ1) is 12.1. The number of halogens is 1. The maximum Gasteiger partial charge on any atom is 0.326 e. The van der Waals surface area contributed by atoms with E-state index < -0.39 is 12.0 Å². The SMILES string of the molecule is O=C(O)[C@@H]1CCCN1C(=O)c1cccc(Br)c1. The van der Waals surface area contributed by atoms with E-state index >= 15 is 0 Å². The zero-order valence-electron chi connectivity index (χ0n) is 9.10. The Bertz CT molecular complexity index is 461. The van der Waals surface area contributed by atoms with Crippen LogP contribution in [0.1, 0.15) is 23.2 Å². The topological polar surface area (TPSA) is 57.6 Å². The molecule has 1 aromatic rings. The number of hydrogen-bond donors (Lipinski definition) is 1. The van der Waals surface area contributed by atoms with E-state index in [1.165, 1.54) is 4.90 Å². The van der Waals surface area contributed by atoms with Gasteiger partial charge in [0.25, 0.3) is 5.91 Å². The van der Waals surface area contributed by atoms with E-state index in [9.17, 15) is 9.59 Å². The smallest absolute Gasteiger partial charge is 0.326 e. The molecule has 1 N–H and O–H groups in total. The first-order chi connectivity index (χ1) is 8.09. The van der Waals surface area contributed by atoms with Crippen LogP contribution in [0.2, 0.25) is 0 Å². The van der Waals surface area contributed by atoms with Crippen LogP contribution in [-0.2, 0) is 4.79 Å². The molecule has 0 spiro atoms. The number of carbonyl (C=O) groups is 2. The standard InChI is InChI=1S/C12H12BrNO3/c13-9-4-1-3-8(7-9)11(15)14-6-2-5-10(14)12(16)17/h1,3-4,7,10H,2,5-6H2,(H,16,17)/t10-/m0/s1. The summed E-state index contributed by atoms with van der Waals surface area (Å²) in [5.41, 5.74) is 0.521. The number of benzene rings is 1. The number of aliphatic carboxylic acids is 1. The Morgan fingerprint density at radius 2 is 2.18 bits per heavy atom. The first-order valence-corrected chi connectivity index (χ1v) is 6.18. The van der Waals surface area contributed by atoms with Crippen molar-refractivity contribution in [3.63, 3.8) is 0 Å². The molecule has 0 aliphatic carbocycles. The molecule has 0 radical (unpaired) electrons. The second-order valence-corrected chi connectivity index (χ2v) is 4.92. The fourth-order valence-electron chi connectivity index (χ4n) is 2.05. The van der Waals surface area contributed by atoms with Gasteiger partial charge in [0.05, 0.1) is 0 Å². The highest BCUT2D eigenvalue weighted by atomic mass is 79.9. The number of amides is 1. The summed E-state index contributed by atoms with van der Waals surface area (Å²) < 4.78 is 0.814. The maximum atomic E-state index is 12.2. The van der Waals surface area contributed by atoms with Crippen LogP contribution in [0.25, 0.3) is 0 Å². The minimum absolute atomic E-state index is 0.212. The fraction of sp³-hybridized carbons (Fsp3) is 0.333. The van der Waals surface area contributed by atoms with Gasteiger partial charge in [-0.2, -0.15) is 0 Å². The van der Waals surface area contributed by atoms with E-state index in [0.717, 1.165) is 10.9 Å². The van der Waals surface area contributed by atoms with E-state index in [0.29, 0.717) is 18.5 Å². The average molecular weight is 298 g/mol. The van der Waals surface area contributed by atoms with Gasteiger partial charge in [-0.1, -0.05) is 22.0 Å². The van der Waals surface area contributed by atoms with Crippen LogP contribution < -0.4 is 0 Å². The average Bonchev–Trinajstić information content (AvgIpc) is 2.77. The van der Waals surface area contributed by atoms with Gasteiger partial charge < -0.3 is 10.0 Å². The Morgan fingerprint density at radius 3 is 2.82 bits per heavy atom. The Labute approximate surface area is 107 Å². The van der Waals surface area contributed by atoms with Crippen LogP contribution in [-0.4, -0.2) is 34.5 Å². The summed E-state index contributed by atoms with van der Waals surface area (Å²) >= 11 is 3.30. The monoisotopic (exact) mass is 297 g/mol. The Hall–Kier alpha value is -1.36. The van der Waals surface area contributed by atoms with Gasteiger partial charge in [0.1, 0.15) is 6.04 Å². The molecule has 0 unspecified atom stereocenters. The van der Waals surface area contributed by atoms with Gasteiger partial charge in [-0.05, 0) is 31.0 Å². The van der Waals surface area contributed by atoms with E-state index in [1.807, 2.05) is 6.07 Å². The second kappa shape index (κ2) is 4.87. The molecule has 17 heavy (non-hydrogen) atoms. The zero-order chi connectivity index (χ0) is 12.4. The maximum absolute atomic E-state index is 12.2. The number of nitrogens with zero attached hydrogens (tertiary/aromatic N) is 1. The summed E-state index contributed by atoms with van der Waals surface area (Å²) in [7, 11) is 0. The van der Waals surface area contributed by atoms with Crippen LogP contribution in [0.4, 0.5) is 0 Å². The number of carboxylic acids is 1. The molecule has 4 nitrogen and oxygen atoms in total. The molecule has 0 saturated carbocycles. The van der Waals surface area contributed by atoms with Crippen molar-refractivity contribution >= 4 is 27.8 Å². The lowest BCUT2D eigenvalue weighted by Gasteiger charge is -2.21. The van der Waals surface area contributed by atoms with Gasteiger partial charge in [-0.15, -0.1) is 0 Å². The number of likely N-dealkylation sites (tertiary alicyclic amines) is 1. The van der Waals surface area contributed by atoms with Crippen molar-refractivity contribution in [3.8, 4) is 0 Å². The van der Waals surface area contributed by atoms with E-state index in [4.69, 9.17) is 5.11 Å². The molecule has 1 aliphatic heterocycles. The third kappa shape index (κ3) is 2.49. The highest BCUT2D eigenvalue weighted by Crippen LogP contribution is 2.21. The molecule has 1 amide bonds. The molecule has 90 valence electrons. The Kier molecular flexibility index (Phi) is 3.47. The Morgan fingerprint density at radius 1 is 1.41 bits per heavy atom. The molecule has 1 atom stereocenters. The van der Waals surface area contributed by atoms with Crippen LogP contribution >= 0.6 is 15.9 Å². The molecule has 2 rings (SSSR count). The molecule has 1 fully saturated rings. The largest absolute Gasteiger partial charge is 0.480 e. The van der Waals surface area contributed by atoms with Crippen LogP contribution in [0, 0.1) is 0 Å². The highest BCUT2D eigenvalue weighted by Gasteiger charge is 2.34. The summed E-state index contributed by atoms with van der Waals surface area (Å²) in [6.07, 6.45) is 1.28. The van der Waals surface area contributed by atoms with Gasteiger partial charge in [-0.3, -0.25) is 4.79 Å². The first-order valence-electron chi connectivity index (χ1n) is 5.39. The van der Waals surface area contributed by atoms with Gasteiger partial charge >= 0.3 is 5.97 Å². The summed E-state index contributed by atoms with van der Waals surface area (Å²) in [5, 5.41) is 9.03.